The number of carbonyl (C=O) groups excluding carboxylic acids is 2. The van der Waals surface area contributed by atoms with Crippen LogP contribution in [0.3, 0.4) is 0 Å². The lowest BCUT2D eigenvalue weighted by molar-refractivity contribution is -0.125. The van der Waals surface area contributed by atoms with Crippen molar-refractivity contribution in [3.8, 4) is 0 Å². The maximum Gasteiger partial charge on any atom is 0.143 e. The average Bonchev–Trinajstić information content (AvgIpc) is 2.90. The topological polar surface area (TPSA) is 111 Å². The van der Waals surface area contributed by atoms with Gasteiger partial charge in [-0.1, -0.05) is 24.3 Å². The van der Waals surface area contributed by atoms with Gasteiger partial charge in [0, 0.05) is 68.9 Å². The van der Waals surface area contributed by atoms with Crippen LogP contribution in [0, 0.1) is 0 Å². The fraction of sp³-hybridized carbons (Fsp3) is 0.517. The lowest BCUT2D eigenvalue weighted by Crippen LogP contribution is -2.49. The van der Waals surface area contributed by atoms with Crippen LogP contribution in [-0.4, -0.2) is 86.1 Å². The van der Waals surface area contributed by atoms with E-state index in [1.807, 2.05) is 48.5 Å². The monoisotopic (exact) mass is 508 g/mol. The molecule has 0 saturated carbocycles. The number of nitrogens with zero attached hydrogens (tertiary/aromatic N) is 2. The second-order valence-electron chi connectivity index (χ2n) is 10.2. The standard InChI is InChI=1S/C29H40N4O4/c1-21-20-37-17-12-32(21)11-10-28(35)29(23-4-8-25(31)9-5-23)27(33-13-15-36-16-14-33)19-26(34)18-22-2-6-24(30)7-3-22/h2-9,21,27,29H,10-20,30-31H2,1H3. The van der Waals surface area contributed by atoms with Gasteiger partial charge in [-0.15, -0.1) is 0 Å². The Kier molecular flexibility index (Phi) is 9.68. The summed E-state index contributed by atoms with van der Waals surface area (Å²) in [5.41, 5.74) is 15.0. The average molecular weight is 509 g/mol. The van der Waals surface area contributed by atoms with Crippen LogP contribution < -0.4 is 11.5 Å². The molecule has 2 aromatic carbocycles. The normalized spacial score (nSPS) is 20.8. The van der Waals surface area contributed by atoms with E-state index in [1.54, 1.807) is 0 Å². The number of rotatable bonds is 11. The largest absolute Gasteiger partial charge is 0.399 e. The van der Waals surface area contributed by atoms with Crippen LogP contribution in [0.25, 0.3) is 0 Å². The smallest absolute Gasteiger partial charge is 0.143 e. The molecule has 200 valence electrons. The van der Waals surface area contributed by atoms with Gasteiger partial charge in [-0.25, -0.2) is 0 Å². The molecule has 0 spiro atoms. The summed E-state index contributed by atoms with van der Waals surface area (Å²) in [6, 6.07) is 15.0. The molecular weight excluding hydrogens is 468 g/mol. The van der Waals surface area contributed by atoms with Crippen molar-refractivity contribution < 1.29 is 19.1 Å². The molecule has 3 unspecified atom stereocenters. The number of nitrogens with two attached hydrogens (primary N) is 2. The highest BCUT2D eigenvalue weighted by atomic mass is 16.5. The van der Waals surface area contributed by atoms with Crippen LogP contribution in [0.2, 0.25) is 0 Å². The van der Waals surface area contributed by atoms with E-state index in [1.165, 1.54) is 0 Å². The third-order valence-corrected chi connectivity index (χ3v) is 7.51. The van der Waals surface area contributed by atoms with Gasteiger partial charge in [0.1, 0.15) is 11.6 Å². The van der Waals surface area contributed by atoms with Gasteiger partial charge < -0.3 is 20.9 Å². The lowest BCUT2D eigenvalue weighted by Gasteiger charge is -2.39. The highest BCUT2D eigenvalue weighted by Crippen LogP contribution is 2.30. The predicted octanol–water partition coefficient (Wildman–Crippen LogP) is 2.52. The third kappa shape index (κ3) is 7.61. The Hall–Kier alpha value is -2.78. The van der Waals surface area contributed by atoms with E-state index >= 15 is 0 Å². The highest BCUT2D eigenvalue weighted by molar-refractivity contribution is 5.89. The fourth-order valence-electron chi connectivity index (χ4n) is 5.36. The first-order valence-corrected chi connectivity index (χ1v) is 13.3. The minimum absolute atomic E-state index is 0.108. The Bertz CT molecular complexity index is 1020. The number of morpholine rings is 2. The Labute approximate surface area is 219 Å². The van der Waals surface area contributed by atoms with Crippen molar-refractivity contribution in [3.05, 3.63) is 59.7 Å². The summed E-state index contributed by atoms with van der Waals surface area (Å²) in [4.78, 5) is 31.9. The molecule has 0 radical (unpaired) electrons. The molecule has 37 heavy (non-hydrogen) atoms. The van der Waals surface area contributed by atoms with Crippen molar-refractivity contribution in [3.63, 3.8) is 0 Å². The molecule has 2 fully saturated rings. The predicted molar refractivity (Wildman–Crippen MR) is 145 cm³/mol. The number of benzene rings is 2. The van der Waals surface area contributed by atoms with Crippen molar-refractivity contribution in [2.24, 2.45) is 0 Å². The number of ether oxygens (including phenoxy) is 2. The molecule has 4 N–H and O–H groups in total. The first-order valence-electron chi connectivity index (χ1n) is 13.3. The van der Waals surface area contributed by atoms with Crippen molar-refractivity contribution >= 4 is 22.9 Å². The summed E-state index contributed by atoms with van der Waals surface area (Å²) in [7, 11) is 0. The van der Waals surface area contributed by atoms with E-state index in [0.717, 1.165) is 17.7 Å². The number of hydrogen-bond acceptors (Lipinski definition) is 8. The SMILES string of the molecule is CC1COCCN1CCC(=O)C(c1ccc(N)cc1)C(CC(=O)Cc1ccc(N)cc1)N1CCOCC1. The van der Waals surface area contributed by atoms with Crippen molar-refractivity contribution in [2.75, 3.05) is 64.1 Å². The molecule has 8 heteroatoms. The lowest BCUT2D eigenvalue weighted by atomic mass is 9.82. The van der Waals surface area contributed by atoms with Crippen LogP contribution in [0.15, 0.2) is 48.5 Å². The number of carbonyl (C=O) groups is 2. The van der Waals surface area contributed by atoms with Gasteiger partial charge in [-0.2, -0.15) is 0 Å². The number of hydrogen-bond donors (Lipinski definition) is 2. The minimum Gasteiger partial charge on any atom is -0.399 e. The van der Waals surface area contributed by atoms with Gasteiger partial charge in [0.25, 0.3) is 0 Å². The number of anilines is 2. The quantitative estimate of drug-likeness (QED) is 0.446. The van der Waals surface area contributed by atoms with Crippen LogP contribution in [-0.2, 0) is 25.5 Å². The van der Waals surface area contributed by atoms with Gasteiger partial charge in [0.05, 0.1) is 32.3 Å². The third-order valence-electron chi connectivity index (χ3n) is 7.51. The van der Waals surface area contributed by atoms with E-state index < -0.39 is 5.92 Å². The van der Waals surface area contributed by atoms with Crippen LogP contribution in [0.1, 0.15) is 36.8 Å². The number of nitrogen functional groups attached to an aromatic ring is 2. The molecule has 2 saturated heterocycles. The summed E-state index contributed by atoms with van der Waals surface area (Å²) in [6.07, 6.45) is 1.03. The van der Waals surface area contributed by atoms with Gasteiger partial charge in [-0.3, -0.25) is 19.4 Å². The number of Topliss-reactive ketones (excluding diaryl/α,β-unsaturated/α-hetero) is 2. The van der Waals surface area contributed by atoms with Crippen LogP contribution >= 0.6 is 0 Å². The van der Waals surface area contributed by atoms with Gasteiger partial charge >= 0.3 is 0 Å². The van der Waals surface area contributed by atoms with Crippen LogP contribution in [0.5, 0.6) is 0 Å². The second kappa shape index (κ2) is 13.1. The van der Waals surface area contributed by atoms with E-state index in [-0.39, 0.29) is 23.7 Å². The van der Waals surface area contributed by atoms with E-state index in [0.29, 0.717) is 76.7 Å². The summed E-state index contributed by atoms with van der Waals surface area (Å²) >= 11 is 0. The first-order chi connectivity index (χ1) is 17.9. The molecule has 2 aliphatic rings. The molecule has 4 rings (SSSR count). The minimum atomic E-state index is -0.426. The molecule has 0 aromatic heterocycles. The molecule has 0 amide bonds. The van der Waals surface area contributed by atoms with E-state index in [9.17, 15) is 9.59 Å². The summed E-state index contributed by atoms with van der Waals surface area (Å²) in [5.74, 6) is -0.165. The van der Waals surface area contributed by atoms with Crippen molar-refractivity contribution in [1.29, 1.82) is 0 Å². The van der Waals surface area contributed by atoms with E-state index in [2.05, 4.69) is 16.7 Å². The molecule has 0 aliphatic carbocycles. The summed E-state index contributed by atoms with van der Waals surface area (Å²) in [5, 5.41) is 0. The molecule has 2 heterocycles. The van der Waals surface area contributed by atoms with Gasteiger partial charge in [0.15, 0.2) is 0 Å². The Morgan fingerprint density at radius 3 is 2.19 bits per heavy atom. The zero-order chi connectivity index (χ0) is 26.2. The molecule has 8 nitrogen and oxygen atoms in total. The van der Waals surface area contributed by atoms with Gasteiger partial charge in [-0.05, 0) is 42.3 Å². The molecule has 3 atom stereocenters. The maximum atomic E-state index is 14.0. The first kappa shape index (κ1) is 27.3. The Balaban J connectivity index is 1.57. The van der Waals surface area contributed by atoms with Crippen molar-refractivity contribution in [1.82, 2.24) is 9.80 Å². The Morgan fingerprint density at radius 2 is 1.54 bits per heavy atom. The fourth-order valence-corrected chi connectivity index (χ4v) is 5.36. The Morgan fingerprint density at radius 1 is 0.919 bits per heavy atom. The molecular formula is C29H40N4O4. The summed E-state index contributed by atoms with van der Waals surface area (Å²) in [6.45, 7) is 7.60. The maximum absolute atomic E-state index is 14.0. The molecule has 0 bridgehead atoms. The zero-order valence-electron chi connectivity index (χ0n) is 21.8. The molecule has 2 aliphatic heterocycles. The van der Waals surface area contributed by atoms with Crippen molar-refractivity contribution in [2.45, 2.75) is 44.2 Å². The van der Waals surface area contributed by atoms with Crippen LogP contribution in [0.4, 0.5) is 11.4 Å². The summed E-state index contributed by atoms with van der Waals surface area (Å²) < 4.78 is 11.2. The van der Waals surface area contributed by atoms with Gasteiger partial charge in [0.2, 0.25) is 0 Å². The second-order valence-corrected chi connectivity index (χ2v) is 10.2. The number of ketones is 2. The highest BCUT2D eigenvalue weighted by Gasteiger charge is 2.36. The molecule has 2 aromatic rings. The van der Waals surface area contributed by atoms with E-state index in [4.69, 9.17) is 20.9 Å². The zero-order valence-corrected chi connectivity index (χ0v) is 21.8.